The maximum absolute atomic E-state index is 3.58. The standard InChI is InChI=1S/C15H22N2/c1-2-6-14-12-17(11-13(14)5-1)10-4-8-15-7-3-9-16-15/h1-2,5-6,15-16H,3-4,7-12H2. The van der Waals surface area contributed by atoms with Crippen molar-refractivity contribution in [3.8, 4) is 0 Å². The molecule has 2 nitrogen and oxygen atoms in total. The van der Waals surface area contributed by atoms with Gasteiger partial charge in [-0.25, -0.2) is 0 Å². The molecule has 2 aliphatic heterocycles. The quantitative estimate of drug-likeness (QED) is 0.855. The average Bonchev–Trinajstić information content (AvgIpc) is 2.96. The lowest BCUT2D eigenvalue weighted by atomic mass is 10.1. The third-order valence-electron chi connectivity index (χ3n) is 4.10. The molecule has 0 aromatic heterocycles. The van der Waals surface area contributed by atoms with E-state index in [0.29, 0.717) is 0 Å². The summed E-state index contributed by atoms with van der Waals surface area (Å²) in [5.74, 6) is 0. The van der Waals surface area contributed by atoms with Gasteiger partial charge in [-0.2, -0.15) is 0 Å². The van der Waals surface area contributed by atoms with Crippen LogP contribution in [-0.2, 0) is 13.1 Å². The second-order valence-electron chi connectivity index (χ2n) is 5.41. The molecular weight excluding hydrogens is 208 g/mol. The molecule has 0 saturated carbocycles. The van der Waals surface area contributed by atoms with Crippen LogP contribution in [0, 0.1) is 0 Å². The van der Waals surface area contributed by atoms with Crippen LogP contribution < -0.4 is 5.32 Å². The second kappa shape index (κ2) is 5.19. The van der Waals surface area contributed by atoms with E-state index in [0.717, 1.165) is 19.1 Å². The summed E-state index contributed by atoms with van der Waals surface area (Å²) in [6.07, 6.45) is 5.46. The van der Waals surface area contributed by atoms with Gasteiger partial charge in [0.1, 0.15) is 0 Å². The first-order valence-electron chi connectivity index (χ1n) is 6.94. The molecule has 1 atom stereocenters. The highest BCUT2D eigenvalue weighted by Gasteiger charge is 2.18. The molecule has 0 bridgehead atoms. The van der Waals surface area contributed by atoms with Crippen molar-refractivity contribution in [2.24, 2.45) is 0 Å². The summed E-state index contributed by atoms with van der Waals surface area (Å²) in [5, 5.41) is 3.58. The van der Waals surface area contributed by atoms with Gasteiger partial charge in [0.25, 0.3) is 0 Å². The van der Waals surface area contributed by atoms with Crippen molar-refractivity contribution in [2.45, 2.75) is 44.8 Å². The molecule has 1 aromatic carbocycles. The number of hydrogen-bond donors (Lipinski definition) is 1. The molecule has 2 heteroatoms. The Balaban J connectivity index is 1.43. The lowest BCUT2D eigenvalue weighted by Crippen LogP contribution is -2.24. The SMILES string of the molecule is c1ccc2c(c1)CN(CCCC1CCCN1)C2. The summed E-state index contributed by atoms with van der Waals surface area (Å²) in [7, 11) is 0. The van der Waals surface area contributed by atoms with Crippen molar-refractivity contribution < 1.29 is 0 Å². The molecule has 0 amide bonds. The number of fused-ring (bicyclic) bond motifs is 1. The molecule has 2 heterocycles. The number of hydrogen-bond acceptors (Lipinski definition) is 2. The molecular formula is C15H22N2. The maximum atomic E-state index is 3.58. The van der Waals surface area contributed by atoms with Gasteiger partial charge in [0.2, 0.25) is 0 Å². The molecule has 3 rings (SSSR count). The fraction of sp³-hybridized carbons (Fsp3) is 0.600. The van der Waals surface area contributed by atoms with E-state index in [1.54, 1.807) is 0 Å². The molecule has 1 unspecified atom stereocenters. The van der Waals surface area contributed by atoms with Crippen LogP contribution in [0.1, 0.15) is 36.8 Å². The molecule has 1 N–H and O–H groups in total. The number of benzene rings is 1. The normalized spacial score (nSPS) is 24.1. The Morgan fingerprint density at radius 2 is 1.94 bits per heavy atom. The minimum Gasteiger partial charge on any atom is -0.314 e. The predicted molar refractivity (Wildman–Crippen MR) is 70.8 cm³/mol. The monoisotopic (exact) mass is 230 g/mol. The lowest BCUT2D eigenvalue weighted by molar-refractivity contribution is 0.273. The van der Waals surface area contributed by atoms with Crippen molar-refractivity contribution >= 4 is 0 Å². The van der Waals surface area contributed by atoms with Crippen molar-refractivity contribution in [3.05, 3.63) is 35.4 Å². The fourth-order valence-electron chi connectivity index (χ4n) is 3.13. The van der Waals surface area contributed by atoms with E-state index in [9.17, 15) is 0 Å². The van der Waals surface area contributed by atoms with Gasteiger partial charge in [-0.05, 0) is 49.9 Å². The summed E-state index contributed by atoms with van der Waals surface area (Å²) in [4.78, 5) is 2.58. The van der Waals surface area contributed by atoms with Gasteiger partial charge in [-0.15, -0.1) is 0 Å². The molecule has 1 fully saturated rings. The first-order valence-corrected chi connectivity index (χ1v) is 6.94. The second-order valence-corrected chi connectivity index (χ2v) is 5.41. The summed E-state index contributed by atoms with van der Waals surface area (Å²) >= 11 is 0. The molecule has 92 valence electrons. The van der Waals surface area contributed by atoms with E-state index in [1.807, 2.05) is 0 Å². The predicted octanol–water partition coefficient (Wildman–Crippen LogP) is 2.53. The van der Waals surface area contributed by atoms with Crippen LogP contribution >= 0.6 is 0 Å². The Hall–Kier alpha value is -0.860. The van der Waals surface area contributed by atoms with Crippen LogP contribution in [0.4, 0.5) is 0 Å². The average molecular weight is 230 g/mol. The molecule has 1 saturated heterocycles. The van der Waals surface area contributed by atoms with Crippen LogP contribution in [-0.4, -0.2) is 24.0 Å². The van der Waals surface area contributed by atoms with E-state index in [-0.39, 0.29) is 0 Å². The molecule has 0 aliphatic carbocycles. The van der Waals surface area contributed by atoms with Gasteiger partial charge >= 0.3 is 0 Å². The smallest absolute Gasteiger partial charge is 0.0240 e. The lowest BCUT2D eigenvalue weighted by Gasteiger charge is -2.16. The third kappa shape index (κ3) is 2.70. The molecule has 2 aliphatic rings. The molecule has 0 radical (unpaired) electrons. The van der Waals surface area contributed by atoms with Gasteiger partial charge in [0.05, 0.1) is 0 Å². The summed E-state index contributed by atoms with van der Waals surface area (Å²) in [6.45, 7) is 4.81. The molecule has 1 aromatic rings. The topological polar surface area (TPSA) is 15.3 Å². The Morgan fingerprint density at radius 1 is 1.18 bits per heavy atom. The van der Waals surface area contributed by atoms with Crippen LogP contribution in [0.25, 0.3) is 0 Å². The van der Waals surface area contributed by atoms with E-state index >= 15 is 0 Å². The summed E-state index contributed by atoms with van der Waals surface area (Å²) in [6, 6.07) is 9.66. The summed E-state index contributed by atoms with van der Waals surface area (Å²) < 4.78 is 0. The zero-order chi connectivity index (χ0) is 11.5. The summed E-state index contributed by atoms with van der Waals surface area (Å²) in [5.41, 5.74) is 3.07. The third-order valence-corrected chi connectivity index (χ3v) is 4.10. The number of nitrogens with one attached hydrogen (secondary N) is 1. The van der Waals surface area contributed by atoms with E-state index in [4.69, 9.17) is 0 Å². The highest BCUT2D eigenvalue weighted by molar-refractivity contribution is 5.30. The first-order chi connectivity index (χ1) is 8.42. The van der Waals surface area contributed by atoms with E-state index in [2.05, 4.69) is 34.5 Å². The van der Waals surface area contributed by atoms with Gasteiger partial charge in [-0.3, -0.25) is 4.90 Å². The van der Waals surface area contributed by atoms with Crippen LogP contribution in [0.15, 0.2) is 24.3 Å². The maximum Gasteiger partial charge on any atom is 0.0240 e. The Morgan fingerprint density at radius 3 is 2.59 bits per heavy atom. The van der Waals surface area contributed by atoms with Gasteiger partial charge in [0.15, 0.2) is 0 Å². The van der Waals surface area contributed by atoms with Crippen LogP contribution in [0.2, 0.25) is 0 Å². The minimum absolute atomic E-state index is 0.806. The number of nitrogens with zero attached hydrogens (tertiary/aromatic N) is 1. The Kier molecular flexibility index (Phi) is 3.44. The van der Waals surface area contributed by atoms with Gasteiger partial charge < -0.3 is 5.32 Å². The molecule has 17 heavy (non-hydrogen) atoms. The molecule has 0 spiro atoms. The number of rotatable bonds is 4. The van der Waals surface area contributed by atoms with Crippen molar-refractivity contribution in [1.82, 2.24) is 10.2 Å². The van der Waals surface area contributed by atoms with E-state index in [1.165, 1.54) is 49.9 Å². The largest absolute Gasteiger partial charge is 0.314 e. The first kappa shape index (κ1) is 11.2. The fourth-order valence-corrected chi connectivity index (χ4v) is 3.13. The Labute approximate surface area is 104 Å². The van der Waals surface area contributed by atoms with Crippen molar-refractivity contribution in [3.63, 3.8) is 0 Å². The zero-order valence-corrected chi connectivity index (χ0v) is 10.5. The Bertz CT molecular complexity index is 344. The van der Waals surface area contributed by atoms with Crippen LogP contribution in [0.5, 0.6) is 0 Å². The van der Waals surface area contributed by atoms with Crippen molar-refractivity contribution in [1.29, 1.82) is 0 Å². The van der Waals surface area contributed by atoms with Crippen molar-refractivity contribution in [2.75, 3.05) is 13.1 Å². The minimum atomic E-state index is 0.806. The van der Waals surface area contributed by atoms with Gasteiger partial charge in [-0.1, -0.05) is 24.3 Å². The van der Waals surface area contributed by atoms with Gasteiger partial charge in [0, 0.05) is 19.1 Å². The van der Waals surface area contributed by atoms with E-state index < -0.39 is 0 Å². The van der Waals surface area contributed by atoms with Crippen LogP contribution in [0.3, 0.4) is 0 Å². The highest BCUT2D eigenvalue weighted by Crippen LogP contribution is 2.22. The highest BCUT2D eigenvalue weighted by atomic mass is 15.1. The zero-order valence-electron chi connectivity index (χ0n) is 10.5.